The van der Waals surface area contributed by atoms with E-state index in [1.165, 1.54) is 0 Å². The highest BCUT2D eigenvalue weighted by molar-refractivity contribution is 5.20. The van der Waals surface area contributed by atoms with Crippen molar-refractivity contribution >= 4 is 0 Å². The summed E-state index contributed by atoms with van der Waals surface area (Å²) in [6, 6.07) is 10.2. The molecule has 0 aliphatic rings. The van der Waals surface area contributed by atoms with Gasteiger partial charge in [-0.3, -0.25) is 0 Å². The average Bonchev–Trinajstić information content (AvgIpc) is 2.35. The lowest BCUT2D eigenvalue weighted by Crippen LogP contribution is -2.30. The predicted molar refractivity (Wildman–Crippen MR) is 65.9 cm³/mol. The molecule has 3 nitrogen and oxygen atoms in total. The molecule has 0 bridgehead atoms. The lowest BCUT2D eigenvalue weighted by molar-refractivity contribution is 0.0841. The van der Waals surface area contributed by atoms with E-state index in [0.717, 1.165) is 18.8 Å². The summed E-state index contributed by atoms with van der Waals surface area (Å²) in [7, 11) is 1.96. The smallest absolute Gasteiger partial charge is 0.119 e. The normalized spacial score (nSPS) is 12.4. The Morgan fingerprint density at radius 1 is 1.19 bits per heavy atom. The van der Waals surface area contributed by atoms with Gasteiger partial charge in [-0.1, -0.05) is 25.1 Å². The van der Waals surface area contributed by atoms with E-state index in [0.29, 0.717) is 19.3 Å². The van der Waals surface area contributed by atoms with Gasteiger partial charge in [0.25, 0.3) is 0 Å². The summed E-state index contributed by atoms with van der Waals surface area (Å²) in [6.45, 7) is 4.12. The third-order valence-corrected chi connectivity index (χ3v) is 2.46. The van der Waals surface area contributed by atoms with Crippen LogP contribution in [0.25, 0.3) is 0 Å². The van der Waals surface area contributed by atoms with E-state index >= 15 is 0 Å². The molecule has 0 radical (unpaired) electrons. The van der Waals surface area contributed by atoms with Gasteiger partial charge in [0.15, 0.2) is 0 Å². The van der Waals surface area contributed by atoms with Gasteiger partial charge < -0.3 is 14.8 Å². The number of hydrogen-bond acceptors (Lipinski definition) is 3. The average molecular weight is 223 g/mol. The van der Waals surface area contributed by atoms with Crippen LogP contribution in [-0.2, 0) is 4.74 Å². The van der Waals surface area contributed by atoms with Crippen LogP contribution in [-0.4, -0.2) is 32.9 Å². The van der Waals surface area contributed by atoms with Gasteiger partial charge in [-0.15, -0.1) is 0 Å². The molecular formula is C13H21NO2. The van der Waals surface area contributed by atoms with Gasteiger partial charge in [-0.2, -0.15) is 0 Å². The summed E-state index contributed by atoms with van der Waals surface area (Å²) in [4.78, 5) is 0. The Morgan fingerprint density at radius 3 is 2.56 bits per heavy atom. The Hall–Kier alpha value is -1.06. The number of ether oxygens (including phenoxy) is 2. The molecule has 0 saturated carbocycles. The number of rotatable bonds is 8. The highest BCUT2D eigenvalue weighted by atomic mass is 16.5. The number of para-hydroxylation sites is 1. The van der Waals surface area contributed by atoms with Crippen LogP contribution >= 0.6 is 0 Å². The second-order valence-corrected chi connectivity index (χ2v) is 3.63. The minimum atomic E-state index is 0.441. The van der Waals surface area contributed by atoms with Crippen molar-refractivity contribution < 1.29 is 9.47 Å². The van der Waals surface area contributed by atoms with E-state index in [4.69, 9.17) is 9.47 Å². The van der Waals surface area contributed by atoms with Crippen LogP contribution in [0.1, 0.15) is 13.3 Å². The van der Waals surface area contributed by atoms with Crippen LogP contribution in [0.15, 0.2) is 30.3 Å². The quantitative estimate of drug-likeness (QED) is 0.684. The van der Waals surface area contributed by atoms with E-state index in [9.17, 15) is 0 Å². The Bertz CT molecular complexity index is 260. The van der Waals surface area contributed by atoms with E-state index in [-0.39, 0.29) is 0 Å². The van der Waals surface area contributed by atoms with Gasteiger partial charge in [0, 0.05) is 6.04 Å². The summed E-state index contributed by atoms with van der Waals surface area (Å²) in [5.74, 6) is 0.895. The first-order valence-corrected chi connectivity index (χ1v) is 5.79. The molecule has 1 N–H and O–H groups in total. The predicted octanol–water partition coefficient (Wildman–Crippen LogP) is 2.08. The van der Waals surface area contributed by atoms with E-state index in [1.807, 2.05) is 37.4 Å². The maximum absolute atomic E-state index is 5.51. The first kappa shape index (κ1) is 13.0. The standard InChI is InChI=1S/C13H21NO2/c1-3-12(14-2)11-15-9-10-16-13-7-5-4-6-8-13/h4-8,12,14H,3,9-11H2,1-2H3. The maximum atomic E-state index is 5.51. The summed E-state index contributed by atoms with van der Waals surface area (Å²) < 4.78 is 11.0. The van der Waals surface area contributed by atoms with Crippen molar-refractivity contribution in [2.24, 2.45) is 0 Å². The van der Waals surface area contributed by atoms with Crippen LogP contribution in [0.4, 0.5) is 0 Å². The molecule has 0 spiro atoms. The van der Waals surface area contributed by atoms with Crippen molar-refractivity contribution in [1.82, 2.24) is 5.32 Å². The third kappa shape index (κ3) is 5.14. The number of hydrogen-bond donors (Lipinski definition) is 1. The third-order valence-electron chi connectivity index (χ3n) is 2.46. The van der Waals surface area contributed by atoms with Crippen LogP contribution in [0.3, 0.4) is 0 Å². The summed E-state index contributed by atoms with van der Waals surface area (Å²) in [5.41, 5.74) is 0. The summed E-state index contributed by atoms with van der Waals surface area (Å²) >= 11 is 0. The molecule has 3 heteroatoms. The highest BCUT2D eigenvalue weighted by Crippen LogP contribution is 2.07. The Morgan fingerprint density at radius 2 is 1.94 bits per heavy atom. The van der Waals surface area contributed by atoms with Gasteiger partial charge in [0.2, 0.25) is 0 Å². The lowest BCUT2D eigenvalue weighted by Gasteiger charge is -2.14. The fraction of sp³-hybridized carbons (Fsp3) is 0.538. The van der Waals surface area contributed by atoms with Gasteiger partial charge in [0.1, 0.15) is 12.4 Å². The largest absolute Gasteiger partial charge is 0.491 e. The second-order valence-electron chi connectivity index (χ2n) is 3.63. The number of nitrogens with one attached hydrogen (secondary N) is 1. The molecule has 0 saturated heterocycles. The minimum Gasteiger partial charge on any atom is -0.491 e. The minimum absolute atomic E-state index is 0.441. The van der Waals surface area contributed by atoms with E-state index in [2.05, 4.69) is 12.2 Å². The lowest BCUT2D eigenvalue weighted by atomic mass is 10.2. The maximum Gasteiger partial charge on any atom is 0.119 e. The zero-order valence-corrected chi connectivity index (χ0v) is 10.1. The van der Waals surface area contributed by atoms with Crippen molar-refractivity contribution in [3.8, 4) is 5.75 Å². The monoisotopic (exact) mass is 223 g/mol. The van der Waals surface area contributed by atoms with Crippen LogP contribution in [0.5, 0.6) is 5.75 Å². The number of benzene rings is 1. The molecule has 0 aromatic heterocycles. The fourth-order valence-electron chi connectivity index (χ4n) is 1.37. The summed E-state index contributed by atoms with van der Waals surface area (Å²) in [6.07, 6.45) is 1.08. The molecular weight excluding hydrogens is 202 g/mol. The first-order valence-electron chi connectivity index (χ1n) is 5.79. The summed E-state index contributed by atoms with van der Waals surface area (Å²) in [5, 5.41) is 3.19. The molecule has 0 aliphatic carbocycles. The van der Waals surface area contributed by atoms with Gasteiger partial charge in [-0.05, 0) is 25.6 Å². The van der Waals surface area contributed by atoms with Gasteiger partial charge in [0.05, 0.1) is 13.2 Å². The van der Waals surface area contributed by atoms with Crippen molar-refractivity contribution in [1.29, 1.82) is 0 Å². The van der Waals surface area contributed by atoms with Crippen molar-refractivity contribution in [2.75, 3.05) is 26.9 Å². The molecule has 0 fully saturated rings. The molecule has 1 rings (SSSR count). The molecule has 0 amide bonds. The SMILES string of the molecule is CCC(COCCOc1ccccc1)NC. The van der Waals surface area contributed by atoms with Crippen molar-refractivity contribution in [2.45, 2.75) is 19.4 Å². The highest BCUT2D eigenvalue weighted by Gasteiger charge is 2.01. The zero-order valence-electron chi connectivity index (χ0n) is 10.1. The van der Waals surface area contributed by atoms with Crippen LogP contribution in [0.2, 0.25) is 0 Å². The van der Waals surface area contributed by atoms with Crippen LogP contribution in [0, 0.1) is 0 Å². The fourth-order valence-corrected chi connectivity index (χ4v) is 1.37. The van der Waals surface area contributed by atoms with E-state index in [1.54, 1.807) is 0 Å². The first-order chi connectivity index (χ1) is 7.86. The number of likely N-dealkylation sites (N-methyl/N-ethyl adjacent to an activating group) is 1. The molecule has 0 heterocycles. The molecule has 1 aromatic rings. The van der Waals surface area contributed by atoms with Crippen molar-refractivity contribution in [3.05, 3.63) is 30.3 Å². The Labute approximate surface area is 97.8 Å². The van der Waals surface area contributed by atoms with Crippen LogP contribution < -0.4 is 10.1 Å². The Balaban J connectivity index is 2.04. The van der Waals surface area contributed by atoms with Gasteiger partial charge >= 0.3 is 0 Å². The molecule has 16 heavy (non-hydrogen) atoms. The Kier molecular flexibility index (Phi) is 6.61. The molecule has 0 aliphatic heterocycles. The zero-order chi connectivity index (χ0) is 11.6. The van der Waals surface area contributed by atoms with Crippen molar-refractivity contribution in [3.63, 3.8) is 0 Å². The molecule has 1 unspecified atom stereocenters. The molecule has 1 aromatic carbocycles. The topological polar surface area (TPSA) is 30.5 Å². The second kappa shape index (κ2) is 8.13. The van der Waals surface area contributed by atoms with Gasteiger partial charge in [-0.25, -0.2) is 0 Å². The van der Waals surface area contributed by atoms with E-state index < -0.39 is 0 Å². The molecule has 1 atom stereocenters. The molecule has 90 valence electrons.